The maximum atomic E-state index is 13.9. The van der Waals surface area contributed by atoms with E-state index < -0.39 is 11.6 Å². The lowest BCUT2D eigenvalue weighted by molar-refractivity contribution is 0.411. The minimum absolute atomic E-state index is 0.125. The molecule has 0 radical (unpaired) electrons. The van der Waals surface area contributed by atoms with Crippen molar-refractivity contribution in [1.82, 2.24) is 5.32 Å². The van der Waals surface area contributed by atoms with Crippen LogP contribution in [0.25, 0.3) is 0 Å². The van der Waals surface area contributed by atoms with Crippen molar-refractivity contribution in [1.29, 1.82) is 0 Å². The van der Waals surface area contributed by atoms with Gasteiger partial charge in [-0.05, 0) is 42.5 Å². The third-order valence-electron chi connectivity index (χ3n) is 3.79. The highest BCUT2D eigenvalue weighted by atomic mass is 32.2. The van der Waals surface area contributed by atoms with Crippen molar-refractivity contribution >= 4 is 23.1 Å². The molecule has 0 fully saturated rings. The van der Waals surface area contributed by atoms with Crippen LogP contribution in [0.1, 0.15) is 43.5 Å². The minimum Gasteiger partial charge on any atom is -0.303 e. The van der Waals surface area contributed by atoms with Gasteiger partial charge in [-0.2, -0.15) is 0 Å². The largest absolute Gasteiger partial charge is 0.303 e. The SMILES string of the molecule is CC(NC1C[C@H](C)Sc2sccc21)c1c(F)cccc1F. The molecule has 1 aliphatic heterocycles. The number of benzene rings is 1. The van der Waals surface area contributed by atoms with Crippen LogP contribution in [0, 0.1) is 11.6 Å². The summed E-state index contributed by atoms with van der Waals surface area (Å²) in [7, 11) is 0. The van der Waals surface area contributed by atoms with Gasteiger partial charge in [-0.3, -0.25) is 0 Å². The Morgan fingerprint density at radius 2 is 1.95 bits per heavy atom. The molecule has 3 atom stereocenters. The molecule has 2 aromatic rings. The Morgan fingerprint density at radius 3 is 2.67 bits per heavy atom. The lowest BCUT2D eigenvalue weighted by atomic mass is 10.0. The van der Waals surface area contributed by atoms with Gasteiger partial charge in [0.25, 0.3) is 0 Å². The predicted octanol–water partition coefficient (Wildman–Crippen LogP) is 5.30. The molecule has 0 amide bonds. The Hall–Kier alpha value is -0.910. The molecule has 0 saturated heterocycles. The van der Waals surface area contributed by atoms with Gasteiger partial charge in [-0.1, -0.05) is 13.0 Å². The lowest BCUT2D eigenvalue weighted by Gasteiger charge is -2.30. The van der Waals surface area contributed by atoms with Crippen molar-refractivity contribution in [3.05, 3.63) is 52.4 Å². The molecule has 1 aliphatic rings. The summed E-state index contributed by atoms with van der Waals surface area (Å²) in [6, 6.07) is 5.92. The fraction of sp³-hybridized carbons (Fsp3) is 0.375. The Bertz CT molecular complexity index is 621. The fourth-order valence-electron chi connectivity index (χ4n) is 2.82. The quantitative estimate of drug-likeness (QED) is 0.821. The molecule has 21 heavy (non-hydrogen) atoms. The zero-order valence-electron chi connectivity index (χ0n) is 11.9. The van der Waals surface area contributed by atoms with Gasteiger partial charge >= 0.3 is 0 Å². The van der Waals surface area contributed by atoms with Gasteiger partial charge in [-0.25, -0.2) is 8.78 Å². The van der Waals surface area contributed by atoms with E-state index >= 15 is 0 Å². The second-order valence-electron chi connectivity index (χ2n) is 5.40. The van der Waals surface area contributed by atoms with Gasteiger partial charge < -0.3 is 5.32 Å². The highest BCUT2D eigenvalue weighted by Gasteiger charge is 2.28. The van der Waals surface area contributed by atoms with Crippen molar-refractivity contribution in [2.75, 3.05) is 0 Å². The number of hydrogen-bond donors (Lipinski definition) is 1. The lowest BCUT2D eigenvalue weighted by Crippen LogP contribution is -2.29. The van der Waals surface area contributed by atoms with Crippen LogP contribution >= 0.6 is 23.1 Å². The monoisotopic (exact) mass is 325 g/mol. The van der Waals surface area contributed by atoms with Crippen LogP contribution in [-0.2, 0) is 0 Å². The van der Waals surface area contributed by atoms with E-state index in [9.17, 15) is 8.78 Å². The summed E-state index contributed by atoms with van der Waals surface area (Å²) in [4.78, 5) is 0. The number of fused-ring (bicyclic) bond motifs is 1. The number of hydrogen-bond acceptors (Lipinski definition) is 3. The van der Waals surface area contributed by atoms with Crippen LogP contribution in [0.4, 0.5) is 8.78 Å². The number of halogens is 2. The van der Waals surface area contributed by atoms with E-state index in [-0.39, 0.29) is 17.6 Å². The Kier molecular flexibility index (Phi) is 4.33. The number of thioether (sulfide) groups is 1. The molecular formula is C16H17F2NS2. The molecule has 1 N–H and O–H groups in total. The second kappa shape index (κ2) is 6.07. The van der Waals surface area contributed by atoms with E-state index in [1.807, 2.05) is 18.7 Å². The van der Waals surface area contributed by atoms with Crippen LogP contribution in [0.5, 0.6) is 0 Å². The van der Waals surface area contributed by atoms with E-state index in [0.29, 0.717) is 5.25 Å². The van der Waals surface area contributed by atoms with Crippen molar-refractivity contribution < 1.29 is 8.78 Å². The fourth-order valence-corrected chi connectivity index (χ4v) is 5.38. The highest BCUT2D eigenvalue weighted by molar-refractivity contribution is 8.01. The maximum absolute atomic E-state index is 13.9. The van der Waals surface area contributed by atoms with Gasteiger partial charge in [0.1, 0.15) is 11.6 Å². The van der Waals surface area contributed by atoms with Crippen LogP contribution in [-0.4, -0.2) is 5.25 Å². The first-order valence-corrected chi connectivity index (χ1v) is 8.76. The van der Waals surface area contributed by atoms with Crippen LogP contribution in [0.3, 0.4) is 0 Å². The van der Waals surface area contributed by atoms with Gasteiger partial charge in [0.2, 0.25) is 0 Å². The average molecular weight is 325 g/mol. The number of rotatable bonds is 3. The van der Waals surface area contributed by atoms with E-state index in [1.54, 1.807) is 11.3 Å². The third kappa shape index (κ3) is 3.00. The maximum Gasteiger partial charge on any atom is 0.130 e. The Labute approximate surface area is 131 Å². The first-order chi connectivity index (χ1) is 10.1. The molecule has 0 bridgehead atoms. The normalized spacial score (nSPS) is 22.9. The summed E-state index contributed by atoms with van der Waals surface area (Å²) >= 11 is 3.62. The summed E-state index contributed by atoms with van der Waals surface area (Å²) in [6.07, 6.45) is 0.967. The van der Waals surface area contributed by atoms with E-state index in [1.165, 1.54) is 28.0 Å². The second-order valence-corrected chi connectivity index (χ2v) is 8.03. The molecule has 0 saturated carbocycles. The number of thiophene rings is 1. The Balaban J connectivity index is 1.84. The zero-order valence-corrected chi connectivity index (χ0v) is 13.5. The topological polar surface area (TPSA) is 12.0 Å². The zero-order chi connectivity index (χ0) is 15.0. The van der Waals surface area contributed by atoms with Crippen molar-refractivity contribution in [2.45, 2.75) is 41.8 Å². The average Bonchev–Trinajstić information content (AvgIpc) is 2.86. The summed E-state index contributed by atoms with van der Waals surface area (Å²) in [5.41, 5.74) is 1.38. The minimum atomic E-state index is -0.487. The molecule has 5 heteroatoms. The first-order valence-electron chi connectivity index (χ1n) is 7.00. The molecule has 112 valence electrons. The standard InChI is InChI=1S/C16H17F2NS2/c1-9-8-14(11-6-7-20-16(11)21-9)19-10(2)15-12(17)4-3-5-13(15)18/h3-7,9-10,14,19H,8H2,1-2H3/t9-,10?,14?/m0/s1. The Morgan fingerprint density at radius 1 is 1.24 bits per heavy atom. The predicted molar refractivity (Wildman–Crippen MR) is 84.9 cm³/mol. The highest BCUT2D eigenvalue weighted by Crippen LogP contribution is 2.44. The van der Waals surface area contributed by atoms with Crippen molar-refractivity contribution in [3.8, 4) is 0 Å². The van der Waals surface area contributed by atoms with Crippen LogP contribution < -0.4 is 5.32 Å². The molecule has 1 nitrogen and oxygen atoms in total. The van der Waals surface area contributed by atoms with Crippen molar-refractivity contribution in [2.24, 2.45) is 0 Å². The van der Waals surface area contributed by atoms with E-state index in [4.69, 9.17) is 0 Å². The van der Waals surface area contributed by atoms with Crippen LogP contribution in [0.15, 0.2) is 33.9 Å². The molecular weight excluding hydrogens is 308 g/mol. The molecule has 2 unspecified atom stereocenters. The van der Waals surface area contributed by atoms with E-state index in [0.717, 1.165) is 6.42 Å². The van der Waals surface area contributed by atoms with E-state index in [2.05, 4.69) is 23.7 Å². The summed E-state index contributed by atoms with van der Waals surface area (Å²) < 4.78 is 29.1. The van der Waals surface area contributed by atoms with Crippen molar-refractivity contribution in [3.63, 3.8) is 0 Å². The molecule has 0 spiro atoms. The smallest absolute Gasteiger partial charge is 0.130 e. The third-order valence-corrected chi connectivity index (χ3v) is 6.14. The molecule has 1 aromatic carbocycles. The molecule has 3 rings (SSSR count). The summed E-state index contributed by atoms with van der Waals surface area (Å²) in [5.74, 6) is -0.974. The molecule has 1 aromatic heterocycles. The number of nitrogens with one attached hydrogen (secondary N) is 1. The molecule has 2 heterocycles. The summed E-state index contributed by atoms with van der Waals surface area (Å²) in [6.45, 7) is 4.01. The summed E-state index contributed by atoms with van der Waals surface area (Å²) in [5, 5.41) is 5.99. The van der Waals surface area contributed by atoms with Gasteiger partial charge in [0.15, 0.2) is 0 Å². The molecule has 0 aliphatic carbocycles. The van der Waals surface area contributed by atoms with Crippen LogP contribution in [0.2, 0.25) is 0 Å². The van der Waals surface area contributed by atoms with Gasteiger partial charge in [0.05, 0.1) is 4.21 Å². The van der Waals surface area contributed by atoms with Gasteiger partial charge in [-0.15, -0.1) is 23.1 Å². The first kappa shape index (κ1) is 15.0. The van der Waals surface area contributed by atoms with Gasteiger partial charge in [0, 0.05) is 22.9 Å².